The third kappa shape index (κ3) is 6.30. The Morgan fingerprint density at radius 3 is 2.25 bits per heavy atom. The van der Waals surface area contributed by atoms with Crippen LogP contribution in [0.4, 0.5) is 4.79 Å². The fourth-order valence-corrected chi connectivity index (χ4v) is 3.95. The molecular weight excluding hydrogens is 438 g/mol. The van der Waals surface area contributed by atoms with E-state index in [1.807, 2.05) is 39.0 Å². The number of hydrogen-bond acceptors (Lipinski definition) is 4. The molecule has 160 valence electrons. The lowest BCUT2D eigenvalue weighted by Crippen LogP contribution is -2.47. The molecule has 0 radical (unpaired) electrons. The monoisotopic (exact) mass is 473 g/mol. The maximum Gasteiger partial charge on any atom is 0.410 e. The standard InChI is InChI=1S/C21H36BrNO4Si/c1-20(2,3)23(19(25)26-7)13-18(24)15-11-10-12-17(22)16(15)14-27-28(8,9)21(4,5)6/h10-12,18,24H,13-14H2,1-9H3. The fourth-order valence-electron chi connectivity index (χ4n) is 2.51. The Morgan fingerprint density at radius 2 is 1.79 bits per heavy atom. The Morgan fingerprint density at radius 1 is 1.21 bits per heavy atom. The van der Waals surface area contributed by atoms with Crippen molar-refractivity contribution in [2.75, 3.05) is 13.7 Å². The lowest BCUT2D eigenvalue weighted by molar-refractivity contribution is 0.0455. The van der Waals surface area contributed by atoms with Gasteiger partial charge in [-0.1, -0.05) is 48.8 Å². The predicted octanol–water partition coefficient (Wildman–Crippen LogP) is 5.87. The summed E-state index contributed by atoms with van der Waals surface area (Å²) in [7, 11) is -0.589. The van der Waals surface area contributed by atoms with E-state index in [1.165, 1.54) is 12.0 Å². The van der Waals surface area contributed by atoms with Crippen LogP contribution in [0.3, 0.4) is 0 Å². The number of rotatable bonds is 6. The number of halogens is 1. The van der Waals surface area contributed by atoms with Gasteiger partial charge in [0.1, 0.15) is 0 Å². The van der Waals surface area contributed by atoms with Crippen molar-refractivity contribution in [2.45, 2.75) is 77.9 Å². The van der Waals surface area contributed by atoms with Crippen molar-refractivity contribution in [3.05, 3.63) is 33.8 Å². The molecule has 1 atom stereocenters. The highest BCUT2D eigenvalue weighted by Crippen LogP contribution is 2.38. The summed E-state index contributed by atoms with van der Waals surface area (Å²) in [5, 5.41) is 11.1. The number of carbonyl (C=O) groups is 1. The van der Waals surface area contributed by atoms with Gasteiger partial charge in [0, 0.05) is 10.0 Å². The summed E-state index contributed by atoms with van der Waals surface area (Å²) in [6.45, 7) is 17.3. The number of amides is 1. The van der Waals surface area contributed by atoms with Gasteiger partial charge in [0.15, 0.2) is 8.32 Å². The van der Waals surface area contributed by atoms with Crippen LogP contribution in [0.1, 0.15) is 58.8 Å². The summed E-state index contributed by atoms with van der Waals surface area (Å²) in [4.78, 5) is 13.7. The zero-order chi connectivity index (χ0) is 21.9. The van der Waals surface area contributed by atoms with Crippen molar-refractivity contribution in [3.8, 4) is 0 Å². The highest BCUT2D eigenvalue weighted by atomic mass is 79.9. The number of aliphatic hydroxyl groups excluding tert-OH is 1. The number of nitrogens with zero attached hydrogens (tertiary/aromatic N) is 1. The number of benzene rings is 1. The average Bonchev–Trinajstić information content (AvgIpc) is 2.55. The maximum atomic E-state index is 12.2. The number of β-amino-alcohol motifs (C(OH)–C–C–N with tert-alkyl or cyclic N) is 1. The van der Waals surface area contributed by atoms with Gasteiger partial charge < -0.3 is 19.2 Å². The lowest BCUT2D eigenvalue weighted by Gasteiger charge is -2.37. The first-order valence-corrected chi connectivity index (χ1v) is 13.3. The van der Waals surface area contributed by atoms with Gasteiger partial charge in [-0.2, -0.15) is 0 Å². The van der Waals surface area contributed by atoms with Gasteiger partial charge in [-0.05, 0) is 56.1 Å². The Bertz CT molecular complexity index is 680. The molecule has 7 heteroatoms. The van der Waals surface area contributed by atoms with E-state index in [-0.39, 0.29) is 11.6 Å². The van der Waals surface area contributed by atoms with Gasteiger partial charge in [-0.15, -0.1) is 0 Å². The van der Waals surface area contributed by atoms with Crippen LogP contribution < -0.4 is 0 Å². The second-order valence-corrected chi connectivity index (χ2v) is 15.3. The molecule has 0 aliphatic carbocycles. The number of aliphatic hydroxyl groups is 1. The summed E-state index contributed by atoms with van der Waals surface area (Å²) >= 11 is 3.60. The van der Waals surface area contributed by atoms with Gasteiger partial charge >= 0.3 is 6.09 Å². The molecule has 1 aromatic rings. The van der Waals surface area contributed by atoms with Gasteiger partial charge in [0.25, 0.3) is 0 Å². The molecule has 0 aliphatic heterocycles. The molecule has 1 amide bonds. The summed E-state index contributed by atoms with van der Waals surface area (Å²) in [5.41, 5.74) is 1.20. The van der Waals surface area contributed by atoms with Crippen molar-refractivity contribution in [1.29, 1.82) is 0 Å². The van der Waals surface area contributed by atoms with E-state index >= 15 is 0 Å². The molecule has 5 nitrogen and oxygen atoms in total. The average molecular weight is 475 g/mol. The Hall–Kier alpha value is -0.893. The van der Waals surface area contributed by atoms with Crippen molar-refractivity contribution in [3.63, 3.8) is 0 Å². The smallest absolute Gasteiger partial charge is 0.410 e. The van der Waals surface area contributed by atoms with E-state index in [0.29, 0.717) is 6.61 Å². The second kappa shape index (κ2) is 9.28. The lowest BCUT2D eigenvalue weighted by atomic mass is 10.00. The van der Waals surface area contributed by atoms with Crippen molar-refractivity contribution in [1.82, 2.24) is 4.90 Å². The van der Waals surface area contributed by atoms with Gasteiger partial charge in [0.05, 0.1) is 26.4 Å². The summed E-state index contributed by atoms with van der Waals surface area (Å²) in [5.74, 6) is 0. The van der Waals surface area contributed by atoms with E-state index in [2.05, 4.69) is 49.8 Å². The highest BCUT2D eigenvalue weighted by molar-refractivity contribution is 9.10. The first-order chi connectivity index (χ1) is 12.6. The van der Waals surface area contributed by atoms with Crippen LogP contribution in [-0.4, -0.2) is 43.6 Å². The minimum Gasteiger partial charge on any atom is -0.453 e. The van der Waals surface area contributed by atoms with Crippen LogP contribution in [0.25, 0.3) is 0 Å². The van der Waals surface area contributed by atoms with E-state index in [9.17, 15) is 9.90 Å². The third-order valence-electron chi connectivity index (χ3n) is 5.46. The molecule has 0 spiro atoms. The first kappa shape index (κ1) is 25.1. The number of ether oxygens (including phenoxy) is 1. The number of carbonyl (C=O) groups excluding carboxylic acids is 1. The fraction of sp³-hybridized carbons (Fsp3) is 0.667. The predicted molar refractivity (Wildman–Crippen MR) is 120 cm³/mol. The number of hydrogen-bond donors (Lipinski definition) is 1. The largest absolute Gasteiger partial charge is 0.453 e. The van der Waals surface area contributed by atoms with Gasteiger partial charge in [0.2, 0.25) is 0 Å². The van der Waals surface area contributed by atoms with Crippen LogP contribution >= 0.6 is 15.9 Å². The molecule has 0 aromatic heterocycles. The van der Waals surface area contributed by atoms with E-state index in [4.69, 9.17) is 9.16 Å². The first-order valence-electron chi connectivity index (χ1n) is 9.56. The van der Waals surface area contributed by atoms with E-state index in [0.717, 1.165) is 15.6 Å². The molecule has 1 N–H and O–H groups in total. The zero-order valence-electron chi connectivity index (χ0n) is 18.7. The van der Waals surface area contributed by atoms with E-state index < -0.39 is 26.1 Å². The van der Waals surface area contributed by atoms with Crippen molar-refractivity contribution in [2.24, 2.45) is 0 Å². The molecule has 1 rings (SSSR count). The summed E-state index contributed by atoms with van der Waals surface area (Å²) < 4.78 is 12.2. The van der Waals surface area contributed by atoms with Crippen LogP contribution in [-0.2, 0) is 15.8 Å². The van der Waals surface area contributed by atoms with Crippen LogP contribution in [0.5, 0.6) is 0 Å². The van der Waals surface area contributed by atoms with Gasteiger partial charge in [-0.3, -0.25) is 0 Å². The zero-order valence-corrected chi connectivity index (χ0v) is 21.3. The molecule has 0 bridgehead atoms. The Balaban J connectivity index is 3.15. The quantitative estimate of drug-likeness (QED) is 0.524. The molecule has 0 fully saturated rings. The molecule has 28 heavy (non-hydrogen) atoms. The van der Waals surface area contributed by atoms with Crippen LogP contribution in [0.15, 0.2) is 22.7 Å². The minimum absolute atomic E-state index is 0.0982. The Labute approximate surface area is 179 Å². The molecule has 1 unspecified atom stereocenters. The summed E-state index contributed by atoms with van der Waals surface area (Å²) in [6.07, 6.45) is -1.31. The molecule has 0 saturated heterocycles. The summed E-state index contributed by atoms with van der Waals surface area (Å²) in [6, 6.07) is 5.72. The normalized spacial score (nSPS) is 14.0. The number of methoxy groups -OCH3 is 1. The maximum absolute atomic E-state index is 12.2. The van der Waals surface area contributed by atoms with E-state index in [1.54, 1.807) is 0 Å². The minimum atomic E-state index is -1.94. The second-order valence-electron chi connectivity index (χ2n) is 9.62. The van der Waals surface area contributed by atoms with Crippen LogP contribution in [0, 0.1) is 0 Å². The van der Waals surface area contributed by atoms with Crippen LogP contribution in [0.2, 0.25) is 18.1 Å². The Kier molecular flexibility index (Phi) is 8.34. The molecule has 0 aliphatic rings. The molecular formula is C21H36BrNO4Si. The SMILES string of the molecule is COC(=O)N(CC(O)c1cccc(Br)c1CO[Si](C)(C)C(C)(C)C)C(C)(C)C. The topological polar surface area (TPSA) is 59.0 Å². The third-order valence-corrected chi connectivity index (χ3v) is 10.7. The van der Waals surface area contributed by atoms with Crippen molar-refractivity contribution < 1.29 is 19.1 Å². The molecule has 0 saturated carbocycles. The van der Waals surface area contributed by atoms with Gasteiger partial charge in [-0.25, -0.2) is 4.79 Å². The molecule has 0 heterocycles. The highest BCUT2D eigenvalue weighted by Gasteiger charge is 2.37. The molecule has 1 aromatic carbocycles. The van der Waals surface area contributed by atoms with Crippen molar-refractivity contribution >= 4 is 30.3 Å².